The van der Waals surface area contributed by atoms with E-state index in [9.17, 15) is 4.39 Å². The predicted octanol–water partition coefficient (Wildman–Crippen LogP) is 3.69. The topological polar surface area (TPSA) is 29.3 Å². The number of rotatable bonds is 4. The van der Waals surface area contributed by atoms with Crippen molar-refractivity contribution < 1.29 is 4.39 Å². The second-order valence-electron chi connectivity index (χ2n) is 5.52. The molecule has 1 saturated heterocycles. The van der Waals surface area contributed by atoms with Crippen LogP contribution in [0.25, 0.3) is 0 Å². The predicted molar refractivity (Wildman–Crippen MR) is 78.8 cm³/mol. The van der Waals surface area contributed by atoms with Gasteiger partial charge in [0.25, 0.3) is 0 Å². The molecule has 2 nitrogen and oxygen atoms in total. The standard InChI is InChI=1S/C16H25FN2/c1-2-5-13-6-4-10-19(11-9-13)16-14(12-18)7-3-8-15(16)17/h3,7-8,13H,2,4-6,9-12,18H2,1H3. The minimum atomic E-state index is -0.128. The van der Waals surface area contributed by atoms with E-state index in [2.05, 4.69) is 11.8 Å². The first-order valence-corrected chi connectivity index (χ1v) is 7.48. The minimum Gasteiger partial charge on any atom is -0.369 e. The molecule has 1 unspecified atom stereocenters. The van der Waals surface area contributed by atoms with Gasteiger partial charge in [0.1, 0.15) is 5.82 Å². The summed E-state index contributed by atoms with van der Waals surface area (Å²) in [5.74, 6) is 0.681. The fourth-order valence-electron chi connectivity index (χ4n) is 3.16. The molecule has 0 amide bonds. The van der Waals surface area contributed by atoms with E-state index in [1.807, 2.05) is 6.07 Å². The lowest BCUT2D eigenvalue weighted by molar-refractivity contribution is 0.435. The molecule has 0 spiro atoms. The Morgan fingerprint density at radius 2 is 2.16 bits per heavy atom. The average Bonchev–Trinajstić information content (AvgIpc) is 2.64. The molecule has 0 aliphatic carbocycles. The highest BCUT2D eigenvalue weighted by Gasteiger charge is 2.20. The number of benzene rings is 1. The maximum atomic E-state index is 14.1. The molecule has 0 aromatic heterocycles. The van der Waals surface area contributed by atoms with Crippen LogP contribution in [-0.4, -0.2) is 13.1 Å². The molecular weight excluding hydrogens is 239 g/mol. The van der Waals surface area contributed by atoms with Gasteiger partial charge in [-0.3, -0.25) is 0 Å². The number of hydrogen-bond acceptors (Lipinski definition) is 2. The molecule has 19 heavy (non-hydrogen) atoms. The summed E-state index contributed by atoms with van der Waals surface area (Å²) in [6, 6.07) is 5.23. The quantitative estimate of drug-likeness (QED) is 0.898. The van der Waals surface area contributed by atoms with Crippen LogP contribution in [0, 0.1) is 11.7 Å². The second kappa shape index (κ2) is 6.90. The fraction of sp³-hybridized carbons (Fsp3) is 0.625. The van der Waals surface area contributed by atoms with Crippen LogP contribution in [-0.2, 0) is 6.54 Å². The van der Waals surface area contributed by atoms with Gasteiger partial charge < -0.3 is 10.6 Å². The first-order valence-electron chi connectivity index (χ1n) is 7.48. The molecule has 1 aliphatic rings. The molecule has 1 aromatic rings. The molecule has 1 fully saturated rings. The van der Waals surface area contributed by atoms with Crippen LogP contribution in [0.4, 0.5) is 10.1 Å². The maximum absolute atomic E-state index is 14.1. The van der Waals surface area contributed by atoms with Gasteiger partial charge in [0.15, 0.2) is 0 Å². The number of para-hydroxylation sites is 1. The first kappa shape index (κ1) is 14.3. The monoisotopic (exact) mass is 264 g/mol. The van der Waals surface area contributed by atoms with Crippen LogP contribution < -0.4 is 10.6 Å². The summed E-state index contributed by atoms with van der Waals surface area (Å²) in [5, 5.41) is 0. The van der Waals surface area contributed by atoms with Crippen LogP contribution in [0.1, 0.15) is 44.6 Å². The molecule has 106 valence electrons. The number of halogens is 1. The Hall–Kier alpha value is -1.09. The van der Waals surface area contributed by atoms with E-state index >= 15 is 0 Å². The van der Waals surface area contributed by atoms with Gasteiger partial charge in [-0.2, -0.15) is 0 Å². The summed E-state index contributed by atoms with van der Waals surface area (Å²) in [6.45, 7) is 4.56. The Morgan fingerprint density at radius 3 is 2.89 bits per heavy atom. The molecule has 0 saturated carbocycles. The normalized spacial score (nSPS) is 20.4. The lowest BCUT2D eigenvalue weighted by Gasteiger charge is -2.26. The van der Waals surface area contributed by atoms with Gasteiger partial charge in [-0.25, -0.2) is 4.39 Å². The molecular formula is C16H25FN2. The summed E-state index contributed by atoms with van der Waals surface area (Å²) in [5.41, 5.74) is 7.41. The smallest absolute Gasteiger partial charge is 0.146 e. The highest BCUT2D eigenvalue weighted by molar-refractivity contribution is 5.55. The van der Waals surface area contributed by atoms with Crippen LogP contribution in [0.2, 0.25) is 0 Å². The highest BCUT2D eigenvalue weighted by Crippen LogP contribution is 2.29. The zero-order chi connectivity index (χ0) is 13.7. The molecule has 3 heteroatoms. The lowest BCUT2D eigenvalue weighted by Crippen LogP contribution is -2.27. The SMILES string of the molecule is CCCC1CCCN(c2c(F)cccc2CN)CC1. The van der Waals surface area contributed by atoms with E-state index in [4.69, 9.17) is 5.73 Å². The number of anilines is 1. The van der Waals surface area contributed by atoms with E-state index < -0.39 is 0 Å². The average molecular weight is 264 g/mol. The van der Waals surface area contributed by atoms with Gasteiger partial charge in [0.2, 0.25) is 0 Å². The zero-order valence-corrected chi connectivity index (χ0v) is 11.9. The van der Waals surface area contributed by atoms with E-state index in [1.165, 1.54) is 25.7 Å². The molecule has 2 rings (SSSR count). The van der Waals surface area contributed by atoms with Crippen molar-refractivity contribution >= 4 is 5.69 Å². The van der Waals surface area contributed by atoms with Crippen LogP contribution in [0.15, 0.2) is 18.2 Å². The van der Waals surface area contributed by atoms with Crippen molar-refractivity contribution in [2.75, 3.05) is 18.0 Å². The van der Waals surface area contributed by atoms with Crippen molar-refractivity contribution in [3.8, 4) is 0 Å². The lowest BCUT2D eigenvalue weighted by atomic mass is 9.96. The minimum absolute atomic E-state index is 0.128. The summed E-state index contributed by atoms with van der Waals surface area (Å²) in [7, 11) is 0. The third-order valence-corrected chi connectivity index (χ3v) is 4.15. The molecule has 1 atom stereocenters. The van der Waals surface area contributed by atoms with Crippen molar-refractivity contribution in [3.63, 3.8) is 0 Å². The van der Waals surface area contributed by atoms with Crippen molar-refractivity contribution in [2.45, 2.75) is 45.6 Å². The van der Waals surface area contributed by atoms with Gasteiger partial charge in [-0.15, -0.1) is 0 Å². The van der Waals surface area contributed by atoms with Crippen LogP contribution in [0.3, 0.4) is 0 Å². The van der Waals surface area contributed by atoms with E-state index in [-0.39, 0.29) is 5.82 Å². The third-order valence-electron chi connectivity index (χ3n) is 4.15. The Labute approximate surface area is 115 Å². The third kappa shape index (κ3) is 3.47. The highest BCUT2D eigenvalue weighted by atomic mass is 19.1. The summed E-state index contributed by atoms with van der Waals surface area (Å²) < 4.78 is 14.1. The van der Waals surface area contributed by atoms with E-state index in [1.54, 1.807) is 12.1 Å². The van der Waals surface area contributed by atoms with Crippen molar-refractivity contribution in [1.29, 1.82) is 0 Å². The van der Waals surface area contributed by atoms with E-state index in [0.29, 0.717) is 6.54 Å². The zero-order valence-electron chi connectivity index (χ0n) is 11.9. The van der Waals surface area contributed by atoms with Gasteiger partial charge in [-0.05, 0) is 36.8 Å². The number of nitrogens with zero attached hydrogens (tertiary/aromatic N) is 1. The maximum Gasteiger partial charge on any atom is 0.146 e. The Balaban J connectivity index is 2.14. The number of hydrogen-bond donors (Lipinski definition) is 1. The second-order valence-corrected chi connectivity index (χ2v) is 5.52. The van der Waals surface area contributed by atoms with E-state index in [0.717, 1.165) is 36.7 Å². The molecule has 2 N–H and O–H groups in total. The molecule has 1 aromatic carbocycles. The largest absolute Gasteiger partial charge is 0.369 e. The Kier molecular flexibility index (Phi) is 5.20. The van der Waals surface area contributed by atoms with Crippen molar-refractivity contribution in [3.05, 3.63) is 29.6 Å². The first-order chi connectivity index (χ1) is 9.26. The summed E-state index contributed by atoms with van der Waals surface area (Å²) >= 11 is 0. The van der Waals surface area contributed by atoms with Gasteiger partial charge in [0, 0.05) is 19.6 Å². The summed E-state index contributed by atoms with van der Waals surface area (Å²) in [4.78, 5) is 2.20. The fourth-order valence-corrected chi connectivity index (χ4v) is 3.16. The van der Waals surface area contributed by atoms with Crippen LogP contribution >= 0.6 is 0 Å². The summed E-state index contributed by atoms with van der Waals surface area (Å²) in [6.07, 6.45) is 6.15. The Bertz CT molecular complexity index is 406. The molecule has 1 heterocycles. The Morgan fingerprint density at radius 1 is 1.32 bits per heavy atom. The van der Waals surface area contributed by atoms with Gasteiger partial charge in [-0.1, -0.05) is 31.9 Å². The van der Waals surface area contributed by atoms with Gasteiger partial charge >= 0.3 is 0 Å². The van der Waals surface area contributed by atoms with Crippen LogP contribution in [0.5, 0.6) is 0 Å². The van der Waals surface area contributed by atoms with Crippen molar-refractivity contribution in [1.82, 2.24) is 0 Å². The van der Waals surface area contributed by atoms with Crippen molar-refractivity contribution in [2.24, 2.45) is 11.7 Å². The molecule has 0 radical (unpaired) electrons. The molecule has 1 aliphatic heterocycles. The van der Waals surface area contributed by atoms with Gasteiger partial charge in [0.05, 0.1) is 5.69 Å². The molecule has 0 bridgehead atoms. The number of nitrogens with two attached hydrogens (primary N) is 1.